The second-order valence-corrected chi connectivity index (χ2v) is 10.6. The van der Waals surface area contributed by atoms with Gasteiger partial charge in [0.15, 0.2) is 0 Å². The van der Waals surface area contributed by atoms with Crippen LogP contribution in [0.25, 0.3) is 11.3 Å². The lowest BCUT2D eigenvalue weighted by Gasteiger charge is -2.27. The molecule has 2 N–H and O–H groups in total. The minimum absolute atomic E-state index is 0.00417. The standard InChI is InChI=1S/C26H27N7O4S/c1-17-5-4-6-18(2)25(17)22-13-23(30-26(29-22)31-38(35,36)21-14-28-32(3)16-21)37-20-9-7-19(8-10-20)33-12-11-27-15-24(33)34/h4-10,13-14,16,27H,11-12,15H2,1-3H3,(H,29,30,31). The summed E-state index contributed by atoms with van der Waals surface area (Å²) >= 11 is 0. The molecule has 1 aliphatic rings. The van der Waals surface area contributed by atoms with Crippen LogP contribution in [0.1, 0.15) is 11.1 Å². The third kappa shape index (κ3) is 5.36. The molecule has 11 nitrogen and oxygen atoms in total. The Kier molecular flexibility index (Phi) is 6.83. The zero-order valence-electron chi connectivity index (χ0n) is 21.2. The van der Waals surface area contributed by atoms with E-state index in [0.717, 1.165) is 28.9 Å². The van der Waals surface area contributed by atoms with Crippen molar-refractivity contribution in [2.24, 2.45) is 7.05 Å². The predicted molar refractivity (Wildman–Crippen MR) is 143 cm³/mol. The first-order valence-corrected chi connectivity index (χ1v) is 13.4. The van der Waals surface area contributed by atoms with Crippen LogP contribution in [0.3, 0.4) is 0 Å². The number of anilines is 2. The van der Waals surface area contributed by atoms with Gasteiger partial charge in [-0.25, -0.2) is 18.1 Å². The lowest BCUT2D eigenvalue weighted by atomic mass is 10.00. The quantitative estimate of drug-likeness (QED) is 0.371. The van der Waals surface area contributed by atoms with Crippen molar-refractivity contribution >= 4 is 27.6 Å². The largest absolute Gasteiger partial charge is 0.439 e. The third-order valence-corrected chi connectivity index (χ3v) is 7.40. The number of benzene rings is 2. The molecule has 0 spiro atoms. The van der Waals surface area contributed by atoms with Gasteiger partial charge in [0, 0.05) is 43.7 Å². The fraction of sp³-hybridized carbons (Fsp3) is 0.231. The Bertz CT molecular complexity index is 1580. The number of piperazine rings is 1. The van der Waals surface area contributed by atoms with Gasteiger partial charge in [0.2, 0.25) is 17.7 Å². The molecule has 1 saturated heterocycles. The molecule has 0 saturated carbocycles. The molecule has 2 aromatic carbocycles. The van der Waals surface area contributed by atoms with Crippen LogP contribution in [0.15, 0.2) is 65.8 Å². The maximum absolute atomic E-state index is 13.0. The van der Waals surface area contributed by atoms with Gasteiger partial charge >= 0.3 is 0 Å². The number of nitrogens with one attached hydrogen (secondary N) is 2. The van der Waals surface area contributed by atoms with Crippen molar-refractivity contribution < 1.29 is 17.9 Å². The Hall–Kier alpha value is -4.29. The lowest BCUT2D eigenvalue weighted by molar-refractivity contribution is -0.118. The van der Waals surface area contributed by atoms with Crippen LogP contribution in [0, 0.1) is 13.8 Å². The van der Waals surface area contributed by atoms with E-state index in [0.29, 0.717) is 24.5 Å². The molecule has 1 fully saturated rings. The van der Waals surface area contributed by atoms with E-state index in [-0.39, 0.29) is 22.6 Å². The number of rotatable bonds is 7. The van der Waals surface area contributed by atoms with E-state index in [2.05, 4.69) is 25.1 Å². The second-order valence-electron chi connectivity index (χ2n) is 8.96. The molecule has 4 aromatic rings. The van der Waals surface area contributed by atoms with Crippen molar-refractivity contribution in [3.8, 4) is 22.9 Å². The zero-order chi connectivity index (χ0) is 26.9. The van der Waals surface area contributed by atoms with E-state index >= 15 is 0 Å². The highest BCUT2D eigenvalue weighted by Gasteiger charge is 2.21. The van der Waals surface area contributed by atoms with Gasteiger partial charge in [0.25, 0.3) is 10.0 Å². The smallest absolute Gasteiger partial charge is 0.267 e. The number of hydrogen-bond donors (Lipinski definition) is 2. The number of hydrogen-bond acceptors (Lipinski definition) is 8. The third-order valence-electron chi connectivity index (χ3n) is 6.12. The fourth-order valence-corrected chi connectivity index (χ4v) is 5.21. The SMILES string of the molecule is Cc1cccc(C)c1-c1cc(Oc2ccc(N3CCNCC3=O)cc2)nc(NS(=O)(=O)c2cnn(C)c2)n1. The molecule has 38 heavy (non-hydrogen) atoms. The van der Waals surface area contributed by atoms with Gasteiger partial charge in [-0.05, 0) is 49.2 Å². The molecule has 0 radical (unpaired) electrons. The van der Waals surface area contributed by atoms with Crippen LogP contribution in [0.4, 0.5) is 11.6 Å². The lowest BCUT2D eigenvalue weighted by Crippen LogP contribution is -2.48. The molecule has 5 rings (SSSR count). The Morgan fingerprint density at radius 2 is 1.79 bits per heavy atom. The average Bonchev–Trinajstić information content (AvgIpc) is 3.32. The number of ether oxygens (including phenoxy) is 1. The summed E-state index contributed by atoms with van der Waals surface area (Å²) in [5.41, 5.74) is 4.08. The Balaban J connectivity index is 1.49. The Labute approximate surface area is 220 Å². The van der Waals surface area contributed by atoms with Crippen molar-refractivity contribution in [2.45, 2.75) is 18.7 Å². The monoisotopic (exact) mass is 533 g/mol. The van der Waals surface area contributed by atoms with Gasteiger partial charge in [0.1, 0.15) is 10.6 Å². The second kappa shape index (κ2) is 10.2. The summed E-state index contributed by atoms with van der Waals surface area (Å²) in [7, 11) is -2.35. The molecule has 3 heterocycles. The maximum atomic E-state index is 13.0. The number of carbonyl (C=O) groups excluding carboxylic acids is 1. The summed E-state index contributed by atoms with van der Waals surface area (Å²) in [6, 6.07) is 14.6. The number of nitrogens with zero attached hydrogens (tertiary/aromatic N) is 5. The molecule has 0 atom stereocenters. The molecule has 1 amide bonds. The summed E-state index contributed by atoms with van der Waals surface area (Å²) in [6.45, 7) is 5.54. The number of sulfonamides is 1. The Morgan fingerprint density at radius 3 is 2.45 bits per heavy atom. The normalized spacial score (nSPS) is 14.0. The van der Waals surface area contributed by atoms with Gasteiger partial charge in [0.05, 0.1) is 18.4 Å². The molecular formula is C26H27N7O4S. The first-order valence-electron chi connectivity index (χ1n) is 12.0. The number of aromatic nitrogens is 4. The molecule has 0 unspecified atom stereocenters. The van der Waals surface area contributed by atoms with Crippen molar-refractivity contribution in [3.63, 3.8) is 0 Å². The predicted octanol–water partition coefficient (Wildman–Crippen LogP) is 3.02. The highest BCUT2D eigenvalue weighted by molar-refractivity contribution is 7.92. The summed E-state index contributed by atoms with van der Waals surface area (Å²) in [5.74, 6) is 0.507. The van der Waals surface area contributed by atoms with Crippen LogP contribution in [0.5, 0.6) is 11.6 Å². The summed E-state index contributed by atoms with van der Waals surface area (Å²) < 4.78 is 35.8. The topological polar surface area (TPSA) is 131 Å². The summed E-state index contributed by atoms with van der Waals surface area (Å²) in [4.78, 5) is 22.8. The van der Waals surface area contributed by atoms with Gasteiger partial charge in [-0.3, -0.25) is 9.48 Å². The van der Waals surface area contributed by atoms with Gasteiger partial charge in [-0.2, -0.15) is 10.1 Å². The Morgan fingerprint density at radius 1 is 1.05 bits per heavy atom. The highest BCUT2D eigenvalue weighted by Crippen LogP contribution is 2.31. The maximum Gasteiger partial charge on any atom is 0.267 e. The first-order chi connectivity index (χ1) is 18.2. The summed E-state index contributed by atoms with van der Waals surface area (Å²) in [5, 5.41) is 6.99. The first kappa shape index (κ1) is 25.4. The fourth-order valence-electron chi connectivity index (χ4n) is 4.28. The van der Waals surface area contributed by atoms with Gasteiger partial charge in [-0.1, -0.05) is 18.2 Å². The highest BCUT2D eigenvalue weighted by atomic mass is 32.2. The average molecular weight is 534 g/mol. The van der Waals surface area contributed by atoms with Crippen LogP contribution in [-0.2, 0) is 21.9 Å². The van der Waals surface area contributed by atoms with Crippen molar-refractivity contribution in [2.75, 3.05) is 29.3 Å². The molecule has 0 aliphatic carbocycles. The molecule has 12 heteroatoms. The molecule has 1 aliphatic heterocycles. The number of aryl methyl sites for hydroxylation is 3. The molecule has 2 aromatic heterocycles. The summed E-state index contributed by atoms with van der Waals surface area (Å²) in [6.07, 6.45) is 2.64. The van der Waals surface area contributed by atoms with E-state index in [4.69, 9.17) is 4.74 Å². The number of amides is 1. The van der Waals surface area contributed by atoms with Crippen LogP contribution in [-0.4, -0.2) is 53.7 Å². The van der Waals surface area contributed by atoms with Crippen molar-refractivity contribution in [1.82, 2.24) is 25.1 Å². The molecule has 196 valence electrons. The van der Waals surface area contributed by atoms with E-state index in [1.807, 2.05) is 32.0 Å². The minimum atomic E-state index is -3.98. The van der Waals surface area contributed by atoms with Gasteiger partial charge < -0.3 is 15.0 Å². The van der Waals surface area contributed by atoms with E-state index in [9.17, 15) is 13.2 Å². The van der Waals surface area contributed by atoms with Crippen molar-refractivity contribution in [3.05, 3.63) is 72.1 Å². The number of carbonyl (C=O) groups is 1. The van der Waals surface area contributed by atoms with Crippen LogP contribution < -0.4 is 19.7 Å². The molecular weight excluding hydrogens is 506 g/mol. The van der Waals surface area contributed by atoms with Gasteiger partial charge in [-0.15, -0.1) is 0 Å². The van der Waals surface area contributed by atoms with E-state index in [1.165, 1.54) is 17.1 Å². The van der Waals surface area contributed by atoms with E-state index < -0.39 is 10.0 Å². The molecule has 0 bridgehead atoms. The van der Waals surface area contributed by atoms with Crippen LogP contribution in [0.2, 0.25) is 0 Å². The van der Waals surface area contributed by atoms with Crippen LogP contribution >= 0.6 is 0 Å². The zero-order valence-corrected chi connectivity index (χ0v) is 22.0. The van der Waals surface area contributed by atoms with E-state index in [1.54, 1.807) is 42.3 Å². The van der Waals surface area contributed by atoms with Crippen molar-refractivity contribution in [1.29, 1.82) is 0 Å². The minimum Gasteiger partial charge on any atom is -0.439 e.